The zero-order valence-corrected chi connectivity index (χ0v) is 12.4. The van der Waals surface area contributed by atoms with E-state index in [9.17, 15) is 4.39 Å². The van der Waals surface area contributed by atoms with E-state index in [1.54, 1.807) is 19.2 Å². The normalized spacial score (nSPS) is 12.2. The lowest BCUT2D eigenvalue weighted by Gasteiger charge is -2.16. The summed E-state index contributed by atoms with van der Waals surface area (Å²) in [5.74, 6) is 1.17. The number of hydrogen-bond donors (Lipinski definition) is 1. The molecule has 20 heavy (non-hydrogen) atoms. The Balaban J connectivity index is 2.11. The van der Waals surface area contributed by atoms with Gasteiger partial charge in [-0.3, -0.25) is 0 Å². The minimum absolute atomic E-state index is 0.200. The molecule has 1 atom stereocenters. The molecule has 0 fully saturated rings. The molecule has 0 aliphatic carbocycles. The molecule has 2 aromatic carbocycles. The van der Waals surface area contributed by atoms with Crippen LogP contribution in [-0.4, -0.2) is 12.9 Å². The lowest BCUT2D eigenvalue weighted by Crippen LogP contribution is -2.14. The molecular formula is C16H18FNOS. The summed E-state index contributed by atoms with van der Waals surface area (Å²) in [7, 11) is 1.63. The van der Waals surface area contributed by atoms with Crippen molar-refractivity contribution in [2.45, 2.75) is 17.9 Å². The van der Waals surface area contributed by atoms with Crippen LogP contribution in [0.25, 0.3) is 0 Å². The van der Waals surface area contributed by atoms with Crippen LogP contribution in [0.4, 0.5) is 4.39 Å². The van der Waals surface area contributed by atoms with Crippen molar-refractivity contribution in [3.8, 4) is 5.75 Å². The van der Waals surface area contributed by atoms with Crippen molar-refractivity contribution in [3.05, 3.63) is 59.4 Å². The van der Waals surface area contributed by atoms with Crippen LogP contribution in [0.15, 0.2) is 47.4 Å². The van der Waals surface area contributed by atoms with Gasteiger partial charge in [0.2, 0.25) is 0 Å². The maximum Gasteiger partial charge on any atom is 0.136 e. The van der Waals surface area contributed by atoms with Crippen molar-refractivity contribution in [1.29, 1.82) is 0 Å². The molecule has 0 aromatic heterocycles. The largest absolute Gasteiger partial charge is 0.496 e. The van der Waals surface area contributed by atoms with E-state index in [-0.39, 0.29) is 11.9 Å². The highest BCUT2D eigenvalue weighted by atomic mass is 32.2. The van der Waals surface area contributed by atoms with Gasteiger partial charge in [-0.2, -0.15) is 0 Å². The first kappa shape index (κ1) is 14.9. The van der Waals surface area contributed by atoms with Crippen LogP contribution in [0.5, 0.6) is 5.75 Å². The van der Waals surface area contributed by atoms with Crippen LogP contribution in [0.3, 0.4) is 0 Å². The molecule has 106 valence electrons. The Morgan fingerprint density at radius 2 is 2.00 bits per heavy atom. The fourth-order valence-electron chi connectivity index (χ4n) is 1.97. The predicted octanol–water partition coefficient (Wildman–Crippen LogP) is 3.93. The van der Waals surface area contributed by atoms with Gasteiger partial charge in [-0.25, -0.2) is 4.39 Å². The van der Waals surface area contributed by atoms with Gasteiger partial charge < -0.3 is 10.5 Å². The van der Waals surface area contributed by atoms with E-state index in [4.69, 9.17) is 10.5 Å². The Kier molecular flexibility index (Phi) is 5.04. The number of halogens is 1. The Hall–Kier alpha value is -1.52. The standard InChI is InChI=1S/C16H18FNOS/c1-11-7-8-15(19-2)12(9-11)14(18)10-20-16-6-4-3-5-13(16)17/h3-9,14H,10,18H2,1-2H3. The third-order valence-corrected chi connectivity index (χ3v) is 4.21. The minimum atomic E-state index is -0.207. The molecule has 2 rings (SSSR count). The van der Waals surface area contributed by atoms with Crippen LogP contribution in [0.2, 0.25) is 0 Å². The zero-order valence-electron chi connectivity index (χ0n) is 11.6. The number of ether oxygens (including phenoxy) is 1. The summed E-state index contributed by atoms with van der Waals surface area (Å²) in [6.45, 7) is 2.01. The summed E-state index contributed by atoms with van der Waals surface area (Å²) >= 11 is 1.42. The van der Waals surface area contributed by atoms with E-state index < -0.39 is 0 Å². The number of nitrogens with two attached hydrogens (primary N) is 1. The molecule has 0 spiro atoms. The maximum atomic E-state index is 13.6. The van der Waals surface area contributed by atoms with E-state index in [1.165, 1.54) is 17.8 Å². The second-order valence-corrected chi connectivity index (χ2v) is 5.66. The van der Waals surface area contributed by atoms with Crippen molar-refractivity contribution in [3.63, 3.8) is 0 Å². The van der Waals surface area contributed by atoms with Gasteiger partial charge in [0.25, 0.3) is 0 Å². The highest BCUT2D eigenvalue weighted by molar-refractivity contribution is 7.99. The summed E-state index contributed by atoms with van der Waals surface area (Å²) in [6.07, 6.45) is 0. The van der Waals surface area contributed by atoms with E-state index in [0.717, 1.165) is 16.9 Å². The van der Waals surface area contributed by atoms with Crippen molar-refractivity contribution in [1.82, 2.24) is 0 Å². The first-order valence-electron chi connectivity index (χ1n) is 6.39. The molecule has 0 saturated carbocycles. The molecule has 2 nitrogen and oxygen atoms in total. The zero-order chi connectivity index (χ0) is 14.5. The number of hydrogen-bond acceptors (Lipinski definition) is 3. The lowest BCUT2D eigenvalue weighted by molar-refractivity contribution is 0.407. The number of methoxy groups -OCH3 is 1. The molecule has 0 aliphatic rings. The fourth-order valence-corrected chi connectivity index (χ4v) is 2.89. The number of rotatable bonds is 5. The average molecular weight is 291 g/mol. The molecule has 0 radical (unpaired) electrons. The smallest absolute Gasteiger partial charge is 0.136 e. The average Bonchev–Trinajstić information content (AvgIpc) is 2.46. The first-order valence-corrected chi connectivity index (χ1v) is 7.38. The van der Waals surface area contributed by atoms with Crippen molar-refractivity contribution in [2.24, 2.45) is 5.73 Å². The van der Waals surface area contributed by atoms with E-state index in [1.807, 2.05) is 31.2 Å². The highest BCUT2D eigenvalue weighted by Crippen LogP contribution is 2.30. The molecule has 2 aromatic rings. The van der Waals surface area contributed by atoms with Crippen molar-refractivity contribution in [2.75, 3.05) is 12.9 Å². The van der Waals surface area contributed by atoms with Crippen molar-refractivity contribution < 1.29 is 9.13 Å². The highest BCUT2D eigenvalue weighted by Gasteiger charge is 2.13. The Labute approximate surface area is 123 Å². The Bertz CT molecular complexity index is 588. The SMILES string of the molecule is COc1ccc(C)cc1C(N)CSc1ccccc1F. The van der Waals surface area contributed by atoms with Crippen LogP contribution in [0.1, 0.15) is 17.2 Å². The molecule has 4 heteroatoms. The van der Waals surface area contributed by atoms with Gasteiger partial charge >= 0.3 is 0 Å². The third kappa shape index (κ3) is 3.52. The molecular weight excluding hydrogens is 273 g/mol. The minimum Gasteiger partial charge on any atom is -0.496 e. The summed E-state index contributed by atoms with van der Waals surface area (Å²) in [5.41, 5.74) is 8.30. The second-order valence-electron chi connectivity index (χ2n) is 4.59. The number of thioether (sulfide) groups is 1. The number of aryl methyl sites for hydroxylation is 1. The molecule has 1 unspecified atom stereocenters. The van der Waals surface area contributed by atoms with E-state index >= 15 is 0 Å². The Morgan fingerprint density at radius 1 is 1.25 bits per heavy atom. The monoisotopic (exact) mass is 291 g/mol. The second kappa shape index (κ2) is 6.77. The van der Waals surface area contributed by atoms with Gasteiger partial charge in [-0.1, -0.05) is 29.8 Å². The van der Waals surface area contributed by atoms with Gasteiger partial charge in [0.1, 0.15) is 11.6 Å². The molecule has 0 bridgehead atoms. The van der Waals surface area contributed by atoms with Gasteiger partial charge in [-0.15, -0.1) is 11.8 Å². The summed E-state index contributed by atoms with van der Waals surface area (Å²) in [6, 6.07) is 12.5. The van der Waals surface area contributed by atoms with Crippen LogP contribution in [-0.2, 0) is 0 Å². The van der Waals surface area contributed by atoms with Crippen LogP contribution < -0.4 is 10.5 Å². The summed E-state index contributed by atoms with van der Waals surface area (Å²) in [4.78, 5) is 0.620. The molecule has 0 amide bonds. The maximum absolute atomic E-state index is 13.6. The fraction of sp³-hybridized carbons (Fsp3) is 0.250. The van der Waals surface area contributed by atoms with Crippen molar-refractivity contribution >= 4 is 11.8 Å². The molecule has 0 heterocycles. The lowest BCUT2D eigenvalue weighted by atomic mass is 10.1. The van der Waals surface area contributed by atoms with Gasteiger partial charge in [0, 0.05) is 22.3 Å². The Morgan fingerprint density at radius 3 is 2.70 bits per heavy atom. The molecule has 0 saturated heterocycles. The van der Waals surface area contributed by atoms with Gasteiger partial charge in [0.15, 0.2) is 0 Å². The third-order valence-electron chi connectivity index (χ3n) is 3.04. The van der Waals surface area contributed by atoms with Gasteiger partial charge in [0.05, 0.1) is 7.11 Å². The summed E-state index contributed by atoms with van der Waals surface area (Å²) in [5, 5.41) is 0. The van der Waals surface area contributed by atoms with E-state index in [2.05, 4.69) is 0 Å². The quantitative estimate of drug-likeness (QED) is 0.848. The molecule has 0 aliphatic heterocycles. The molecule has 2 N–H and O–H groups in total. The predicted molar refractivity (Wildman–Crippen MR) is 81.8 cm³/mol. The topological polar surface area (TPSA) is 35.2 Å². The van der Waals surface area contributed by atoms with Crippen LogP contribution in [0, 0.1) is 12.7 Å². The number of benzene rings is 2. The van der Waals surface area contributed by atoms with E-state index in [0.29, 0.717) is 10.6 Å². The summed E-state index contributed by atoms with van der Waals surface area (Å²) < 4.78 is 18.9. The van der Waals surface area contributed by atoms with Crippen LogP contribution >= 0.6 is 11.8 Å². The first-order chi connectivity index (χ1) is 9.61. The van der Waals surface area contributed by atoms with Gasteiger partial charge in [-0.05, 0) is 25.1 Å².